The van der Waals surface area contributed by atoms with Crippen LogP contribution in [-0.4, -0.2) is 16.0 Å². The molecule has 0 N–H and O–H groups in total. The zero-order valence-electron chi connectivity index (χ0n) is 7.72. The molecule has 0 spiro atoms. The Morgan fingerprint density at radius 2 is 1.93 bits per heavy atom. The first kappa shape index (κ1) is 9.98. The Balaban J connectivity index is 2.42. The van der Waals surface area contributed by atoms with Crippen LogP contribution in [0.1, 0.15) is 16.1 Å². The van der Waals surface area contributed by atoms with Crippen molar-refractivity contribution in [3.05, 3.63) is 58.3 Å². The Morgan fingerprint density at radius 1 is 1.13 bits per heavy atom. The molecule has 2 rings (SSSR count). The van der Waals surface area contributed by atoms with Gasteiger partial charge in [-0.3, -0.25) is 4.79 Å². The molecule has 1 aromatic carbocycles. The van der Waals surface area contributed by atoms with Crippen molar-refractivity contribution in [2.45, 2.75) is 0 Å². The molecule has 0 saturated heterocycles. The number of carbonyl (C=O) groups excluding carboxylic acids is 1. The summed E-state index contributed by atoms with van der Waals surface area (Å²) >= 11 is 3.33. The van der Waals surface area contributed by atoms with Crippen molar-refractivity contribution in [1.82, 2.24) is 10.2 Å². The Morgan fingerprint density at radius 3 is 2.60 bits per heavy atom. The van der Waals surface area contributed by atoms with Crippen LogP contribution in [0.25, 0.3) is 0 Å². The van der Waals surface area contributed by atoms with Gasteiger partial charge in [0, 0.05) is 16.2 Å². The number of halogens is 1. The molecular formula is C11H7BrN2O. The van der Waals surface area contributed by atoms with Crippen LogP contribution in [0.5, 0.6) is 0 Å². The molecule has 0 amide bonds. The van der Waals surface area contributed by atoms with E-state index >= 15 is 0 Å². The number of hydrogen-bond acceptors (Lipinski definition) is 3. The summed E-state index contributed by atoms with van der Waals surface area (Å²) in [7, 11) is 0. The lowest BCUT2D eigenvalue weighted by Gasteiger charge is -2.01. The van der Waals surface area contributed by atoms with E-state index < -0.39 is 0 Å². The summed E-state index contributed by atoms with van der Waals surface area (Å²) in [5.74, 6) is -0.129. The molecule has 0 aliphatic rings. The van der Waals surface area contributed by atoms with Gasteiger partial charge in [-0.15, -0.1) is 5.10 Å². The molecule has 4 heteroatoms. The minimum atomic E-state index is -0.129. The molecule has 0 saturated carbocycles. The van der Waals surface area contributed by atoms with Crippen molar-refractivity contribution in [3.8, 4) is 0 Å². The van der Waals surface area contributed by atoms with Crippen LogP contribution < -0.4 is 0 Å². The molecule has 0 fully saturated rings. The summed E-state index contributed by atoms with van der Waals surface area (Å²) in [4.78, 5) is 11.9. The van der Waals surface area contributed by atoms with E-state index in [1.165, 1.54) is 6.20 Å². The van der Waals surface area contributed by atoms with Crippen LogP contribution in [0.15, 0.2) is 47.1 Å². The first-order valence-corrected chi connectivity index (χ1v) is 5.15. The van der Waals surface area contributed by atoms with Crippen LogP contribution in [0.4, 0.5) is 0 Å². The van der Waals surface area contributed by atoms with Crippen molar-refractivity contribution in [2.75, 3.05) is 0 Å². The molecule has 0 bridgehead atoms. The lowest BCUT2D eigenvalue weighted by Crippen LogP contribution is -2.05. The third-order valence-electron chi connectivity index (χ3n) is 1.92. The van der Waals surface area contributed by atoms with E-state index in [1.807, 2.05) is 18.2 Å². The minimum absolute atomic E-state index is 0.129. The second-order valence-corrected chi connectivity index (χ2v) is 3.77. The van der Waals surface area contributed by atoms with Gasteiger partial charge in [-0.25, -0.2) is 0 Å². The van der Waals surface area contributed by atoms with Crippen LogP contribution >= 0.6 is 15.9 Å². The second-order valence-electron chi connectivity index (χ2n) is 2.92. The highest BCUT2D eigenvalue weighted by Crippen LogP contribution is 2.18. The Hall–Kier alpha value is -1.55. The van der Waals surface area contributed by atoms with Crippen LogP contribution in [0.2, 0.25) is 0 Å². The summed E-state index contributed by atoms with van der Waals surface area (Å²) in [6.07, 6.45) is 1.54. The highest BCUT2D eigenvalue weighted by atomic mass is 79.9. The normalized spacial score (nSPS) is 9.93. The summed E-state index contributed by atoms with van der Waals surface area (Å²) in [5.41, 5.74) is 0.947. The zero-order valence-corrected chi connectivity index (χ0v) is 9.31. The maximum atomic E-state index is 11.9. The number of aromatic nitrogens is 2. The number of benzene rings is 1. The van der Waals surface area contributed by atoms with Gasteiger partial charge in [0.1, 0.15) is 5.69 Å². The van der Waals surface area contributed by atoms with Crippen LogP contribution in [0.3, 0.4) is 0 Å². The van der Waals surface area contributed by atoms with Gasteiger partial charge in [0.25, 0.3) is 0 Å². The second kappa shape index (κ2) is 4.31. The number of rotatable bonds is 2. The first-order chi connectivity index (χ1) is 7.29. The molecule has 1 aromatic heterocycles. The monoisotopic (exact) mass is 262 g/mol. The van der Waals surface area contributed by atoms with Gasteiger partial charge in [-0.1, -0.05) is 28.1 Å². The highest BCUT2D eigenvalue weighted by Gasteiger charge is 2.12. The molecule has 3 nitrogen and oxygen atoms in total. The van der Waals surface area contributed by atoms with E-state index in [4.69, 9.17) is 0 Å². The van der Waals surface area contributed by atoms with E-state index in [2.05, 4.69) is 26.1 Å². The van der Waals surface area contributed by atoms with E-state index in [0.29, 0.717) is 11.3 Å². The smallest absolute Gasteiger partial charge is 0.214 e. The number of ketones is 1. The Kier molecular flexibility index (Phi) is 2.87. The van der Waals surface area contributed by atoms with Crippen molar-refractivity contribution < 1.29 is 4.79 Å². The average Bonchev–Trinajstić information content (AvgIpc) is 2.30. The van der Waals surface area contributed by atoms with Gasteiger partial charge in [0.15, 0.2) is 0 Å². The van der Waals surface area contributed by atoms with Crippen LogP contribution in [0, 0.1) is 0 Å². The molecule has 0 atom stereocenters. The van der Waals surface area contributed by atoms with Gasteiger partial charge >= 0.3 is 0 Å². The summed E-state index contributed by atoms with van der Waals surface area (Å²) in [6.45, 7) is 0. The van der Waals surface area contributed by atoms with Gasteiger partial charge in [0.2, 0.25) is 5.78 Å². The molecule has 15 heavy (non-hydrogen) atoms. The summed E-state index contributed by atoms with van der Waals surface area (Å²) in [6, 6.07) is 10.6. The van der Waals surface area contributed by atoms with Gasteiger partial charge in [-0.2, -0.15) is 5.10 Å². The fraction of sp³-hybridized carbons (Fsp3) is 0. The largest absolute Gasteiger partial charge is 0.287 e. The van der Waals surface area contributed by atoms with Gasteiger partial charge < -0.3 is 0 Å². The SMILES string of the molecule is O=C(c1cccnn1)c1ccccc1Br. The fourth-order valence-corrected chi connectivity index (χ4v) is 1.67. The minimum Gasteiger partial charge on any atom is -0.287 e. The summed E-state index contributed by atoms with van der Waals surface area (Å²) < 4.78 is 0.764. The van der Waals surface area contributed by atoms with E-state index in [9.17, 15) is 4.79 Å². The average molecular weight is 263 g/mol. The maximum absolute atomic E-state index is 11.9. The van der Waals surface area contributed by atoms with Gasteiger partial charge in [-0.05, 0) is 24.3 Å². The molecule has 0 unspecified atom stereocenters. The first-order valence-electron chi connectivity index (χ1n) is 4.36. The lowest BCUT2D eigenvalue weighted by molar-refractivity contribution is 0.103. The van der Waals surface area contributed by atoms with Gasteiger partial charge in [0.05, 0.1) is 0 Å². The summed E-state index contributed by atoms with van der Waals surface area (Å²) in [5, 5.41) is 7.45. The quantitative estimate of drug-likeness (QED) is 0.781. The number of nitrogens with zero attached hydrogens (tertiary/aromatic N) is 2. The molecule has 0 radical (unpaired) electrons. The predicted octanol–water partition coefficient (Wildman–Crippen LogP) is 2.47. The Labute approximate surface area is 95.3 Å². The van der Waals surface area contributed by atoms with E-state index in [0.717, 1.165) is 4.47 Å². The topological polar surface area (TPSA) is 42.9 Å². The molecule has 74 valence electrons. The molecular weight excluding hydrogens is 256 g/mol. The third kappa shape index (κ3) is 2.10. The van der Waals surface area contributed by atoms with Crippen molar-refractivity contribution in [1.29, 1.82) is 0 Å². The number of hydrogen-bond donors (Lipinski definition) is 0. The van der Waals surface area contributed by atoms with Crippen molar-refractivity contribution in [3.63, 3.8) is 0 Å². The van der Waals surface area contributed by atoms with Crippen LogP contribution in [-0.2, 0) is 0 Å². The fourth-order valence-electron chi connectivity index (χ4n) is 1.21. The standard InChI is InChI=1S/C11H7BrN2O/c12-9-5-2-1-4-8(9)11(15)10-6-3-7-13-14-10/h1-7H. The predicted molar refractivity (Wildman–Crippen MR) is 59.6 cm³/mol. The number of carbonyl (C=O) groups is 1. The van der Waals surface area contributed by atoms with Crippen molar-refractivity contribution in [2.24, 2.45) is 0 Å². The molecule has 2 aromatic rings. The molecule has 0 aliphatic heterocycles. The lowest BCUT2D eigenvalue weighted by atomic mass is 10.1. The van der Waals surface area contributed by atoms with Crippen molar-refractivity contribution >= 4 is 21.7 Å². The third-order valence-corrected chi connectivity index (χ3v) is 2.61. The Bertz CT molecular complexity index is 485. The molecule has 1 heterocycles. The maximum Gasteiger partial charge on any atom is 0.214 e. The zero-order chi connectivity index (χ0) is 10.7. The molecule has 0 aliphatic carbocycles. The highest BCUT2D eigenvalue weighted by molar-refractivity contribution is 9.10. The van der Waals surface area contributed by atoms with E-state index in [-0.39, 0.29) is 5.78 Å². The van der Waals surface area contributed by atoms with E-state index in [1.54, 1.807) is 18.2 Å².